The van der Waals surface area contributed by atoms with Crippen LogP contribution in [0.3, 0.4) is 0 Å². The molecule has 2 aromatic heterocycles. The maximum absolute atomic E-state index is 13.2. The van der Waals surface area contributed by atoms with Crippen LogP contribution in [-0.4, -0.2) is 25.7 Å². The van der Waals surface area contributed by atoms with Crippen molar-refractivity contribution < 1.29 is 9.18 Å². The van der Waals surface area contributed by atoms with Crippen molar-refractivity contribution in [3.8, 4) is 11.3 Å². The summed E-state index contributed by atoms with van der Waals surface area (Å²) in [6.07, 6.45) is -0.155. The number of nitrogens with zero attached hydrogens (tertiary/aromatic N) is 3. The van der Waals surface area contributed by atoms with Crippen molar-refractivity contribution in [2.24, 2.45) is 0 Å². The van der Waals surface area contributed by atoms with E-state index in [9.17, 15) is 14.0 Å². The Kier molecular flexibility index (Phi) is 4.62. The van der Waals surface area contributed by atoms with Crippen molar-refractivity contribution in [2.45, 2.75) is 6.42 Å². The molecule has 2 heterocycles. The van der Waals surface area contributed by atoms with Gasteiger partial charge in [-0.1, -0.05) is 41.9 Å². The van der Waals surface area contributed by atoms with Gasteiger partial charge in [-0.15, -0.1) is 0 Å². The SMILES string of the molecule is O=C(Cc1n[nH]c(=O)c2cc(-c3ccccc3)nn12)Nc1ccc(F)c(Cl)c1. The predicted octanol–water partition coefficient (Wildman–Crippen LogP) is 3.06. The van der Waals surface area contributed by atoms with Crippen LogP contribution in [0.25, 0.3) is 16.8 Å². The molecule has 0 atom stereocenters. The first-order valence-corrected chi connectivity index (χ1v) is 8.67. The first-order valence-electron chi connectivity index (χ1n) is 8.29. The summed E-state index contributed by atoms with van der Waals surface area (Å²) < 4.78 is 14.6. The largest absolute Gasteiger partial charge is 0.326 e. The van der Waals surface area contributed by atoms with E-state index in [1.807, 2.05) is 30.3 Å². The lowest BCUT2D eigenvalue weighted by atomic mass is 10.1. The van der Waals surface area contributed by atoms with E-state index in [0.717, 1.165) is 11.6 Å². The van der Waals surface area contributed by atoms with Gasteiger partial charge in [-0.05, 0) is 24.3 Å². The fourth-order valence-electron chi connectivity index (χ4n) is 2.75. The molecule has 4 aromatic rings. The summed E-state index contributed by atoms with van der Waals surface area (Å²) in [5, 5.41) is 13.2. The Hall–Kier alpha value is -3.52. The Balaban J connectivity index is 1.64. The number of aromatic amines is 1. The molecule has 0 radical (unpaired) electrons. The molecular formula is C19H13ClFN5O2. The maximum atomic E-state index is 13.2. The average Bonchev–Trinajstić information content (AvgIpc) is 3.14. The quantitative estimate of drug-likeness (QED) is 0.553. The van der Waals surface area contributed by atoms with Crippen molar-refractivity contribution >= 4 is 28.7 Å². The Morgan fingerprint density at radius 3 is 2.71 bits per heavy atom. The molecule has 0 aliphatic rings. The van der Waals surface area contributed by atoms with E-state index >= 15 is 0 Å². The third kappa shape index (κ3) is 3.49. The molecule has 2 aromatic carbocycles. The van der Waals surface area contributed by atoms with Gasteiger partial charge in [0, 0.05) is 11.3 Å². The van der Waals surface area contributed by atoms with Crippen LogP contribution in [0.15, 0.2) is 59.4 Å². The number of carbonyl (C=O) groups excluding carboxylic acids is 1. The van der Waals surface area contributed by atoms with Gasteiger partial charge in [-0.25, -0.2) is 14.0 Å². The molecule has 0 unspecified atom stereocenters. The first kappa shape index (κ1) is 17.9. The molecule has 140 valence electrons. The van der Waals surface area contributed by atoms with Crippen molar-refractivity contribution in [2.75, 3.05) is 5.32 Å². The Morgan fingerprint density at radius 2 is 1.96 bits per heavy atom. The van der Waals surface area contributed by atoms with E-state index in [1.165, 1.54) is 16.6 Å². The molecule has 0 saturated heterocycles. The van der Waals surface area contributed by atoms with Gasteiger partial charge in [-0.2, -0.15) is 10.2 Å². The Bertz CT molecular complexity index is 1240. The second-order valence-corrected chi connectivity index (χ2v) is 6.42. The van der Waals surface area contributed by atoms with Gasteiger partial charge in [0.2, 0.25) is 5.91 Å². The van der Waals surface area contributed by atoms with E-state index in [2.05, 4.69) is 20.6 Å². The molecule has 7 nitrogen and oxygen atoms in total. The van der Waals surface area contributed by atoms with E-state index < -0.39 is 17.3 Å². The molecule has 0 saturated carbocycles. The van der Waals surface area contributed by atoms with Gasteiger partial charge in [0.05, 0.1) is 17.1 Å². The number of fused-ring (bicyclic) bond motifs is 1. The van der Waals surface area contributed by atoms with Crippen LogP contribution in [0.5, 0.6) is 0 Å². The third-order valence-corrected chi connectivity index (χ3v) is 4.35. The van der Waals surface area contributed by atoms with Gasteiger partial charge in [-0.3, -0.25) is 9.59 Å². The summed E-state index contributed by atoms with van der Waals surface area (Å²) in [6.45, 7) is 0. The van der Waals surface area contributed by atoms with Crippen LogP contribution in [0, 0.1) is 5.82 Å². The summed E-state index contributed by atoms with van der Waals surface area (Å²) >= 11 is 5.72. The highest BCUT2D eigenvalue weighted by molar-refractivity contribution is 6.31. The number of hydrogen-bond acceptors (Lipinski definition) is 4. The van der Waals surface area contributed by atoms with Crippen LogP contribution >= 0.6 is 11.6 Å². The fraction of sp³-hybridized carbons (Fsp3) is 0.0526. The lowest BCUT2D eigenvalue weighted by Crippen LogP contribution is -2.22. The molecule has 4 rings (SSSR count). The topological polar surface area (TPSA) is 92.2 Å². The molecule has 2 N–H and O–H groups in total. The molecule has 0 aliphatic carbocycles. The van der Waals surface area contributed by atoms with E-state index in [0.29, 0.717) is 11.4 Å². The first-order chi connectivity index (χ1) is 13.5. The van der Waals surface area contributed by atoms with Crippen molar-refractivity contribution in [3.63, 3.8) is 0 Å². The minimum atomic E-state index is -0.575. The van der Waals surface area contributed by atoms with Gasteiger partial charge in [0.25, 0.3) is 5.56 Å². The van der Waals surface area contributed by atoms with Gasteiger partial charge < -0.3 is 5.32 Å². The molecule has 0 fully saturated rings. The monoisotopic (exact) mass is 397 g/mol. The number of halogens is 2. The van der Waals surface area contributed by atoms with Crippen molar-refractivity contribution in [1.82, 2.24) is 19.8 Å². The number of nitrogens with one attached hydrogen (secondary N) is 2. The van der Waals surface area contributed by atoms with Crippen LogP contribution in [0.1, 0.15) is 5.82 Å². The van der Waals surface area contributed by atoms with Crippen LogP contribution in [0.4, 0.5) is 10.1 Å². The van der Waals surface area contributed by atoms with Crippen LogP contribution in [0.2, 0.25) is 5.02 Å². The molecule has 1 amide bonds. The predicted molar refractivity (Wildman–Crippen MR) is 103 cm³/mol. The molecule has 9 heteroatoms. The normalized spacial score (nSPS) is 10.9. The summed E-state index contributed by atoms with van der Waals surface area (Å²) in [5.74, 6) is -0.739. The Labute approximate surface area is 162 Å². The van der Waals surface area contributed by atoms with E-state index in [1.54, 1.807) is 6.07 Å². The number of H-pyrrole nitrogens is 1. The van der Waals surface area contributed by atoms with Crippen molar-refractivity contribution in [1.29, 1.82) is 0 Å². The van der Waals surface area contributed by atoms with Gasteiger partial charge >= 0.3 is 0 Å². The minimum Gasteiger partial charge on any atom is -0.326 e. The summed E-state index contributed by atoms with van der Waals surface area (Å²) in [6, 6.07) is 14.9. The van der Waals surface area contributed by atoms with Crippen LogP contribution < -0.4 is 10.9 Å². The van der Waals surface area contributed by atoms with Crippen molar-refractivity contribution in [3.05, 3.63) is 81.6 Å². The summed E-state index contributed by atoms with van der Waals surface area (Å²) in [5.41, 5.74) is 1.64. The number of anilines is 1. The third-order valence-electron chi connectivity index (χ3n) is 4.06. The van der Waals surface area contributed by atoms with Crippen LogP contribution in [-0.2, 0) is 11.2 Å². The lowest BCUT2D eigenvalue weighted by Gasteiger charge is -2.06. The number of benzene rings is 2. The smallest absolute Gasteiger partial charge is 0.290 e. The second-order valence-electron chi connectivity index (χ2n) is 6.02. The number of hydrogen-bond donors (Lipinski definition) is 2. The molecule has 0 aliphatic heterocycles. The highest BCUT2D eigenvalue weighted by Crippen LogP contribution is 2.20. The van der Waals surface area contributed by atoms with Gasteiger partial charge in [0.1, 0.15) is 11.3 Å². The highest BCUT2D eigenvalue weighted by Gasteiger charge is 2.15. The summed E-state index contributed by atoms with van der Waals surface area (Å²) in [7, 11) is 0. The lowest BCUT2D eigenvalue weighted by molar-refractivity contribution is -0.115. The minimum absolute atomic E-state index is 0.0954. The number of aromatic nitrogens is 4. The van der Waals surface area contributed by atoms with E-state index in [-0.39, 0.29) is 22.8 Å². The second kappa shape index (κ2) is 7.24. The zero-order chi connectivity index (χ0) is 19.7. The zero-order valence-electron chi connectivity index (χ0n) is 14.3. The molecule has 0 spiro atoms. The van der Waals surface area contributed by atoms with Gasteiger partial charge in [0.15, 0.2) is 5.82 Å². The number of amides is 1. The molecular weight excluding hydrogens is 385 g/mol. The zero-order valence-corrected chi connectivity index (χ0v) is 15.1. The fourth-order valence-corrected chi connectivity index (χ4v) is 2.93. The molecule has 28 heavy (non-hydrogen) atoms. The Morgan fingerprint density at radius 1 is 1.18 bits per heavy atom. The number of carbonyl (C=O) groups is 1. The standard InChI is InChI=1S/C19H13ClFN5O2/c20-13-8-12(6-7-14(13)21)22-18(27)10-17-23-24-19(28)16-9-15(25-26(16)17)11-4-2-1-3-5-11/h1-9H,10H2,(H,22,27)(H,24,28). The number of rotatable bonds is 4. The average molecular weight is 398 g/mol. The highest BCUT2D eigenvalue weighted by atomic mass is 35.5. The maximum Gasteiger partial charge on any atom is 0.290 e. The van der Waals surface area contributed by atoms with E-state index in [4.69, 9.17) is 11.6 Å². The summed E-state index contributed by atoms with van der Waals surface area (Å²) in [4.78, 5) is 24.5. The molecule has 0 bridgehead atoms.